The van der Waals surface area contributed by atoms with E-state index in [2.05, 4.69) is 35.9 Å². The van der Waals surface area contributed by atoms with Crippen LogP contribution in [-0.4, -0.2) is 22.2 Å². The van der Waals surface area contributed by atoms with Crippen molar-refractivity contribution < 1.29 is 4.79 Å². The first-order chi connectivity index (χ1) is 12.0. The number of hydrogen-bond acceptors (Lipinski definition) is 2. The van der Waals surface area contributed by atoms with Gasteiger partial charge in [0.05, 0.1) is 5.69 Å². The van der Waals surface area contributed by atoms with Crippen LogP contribution in [0.1, 0.15) is 68.8 Å². The molecule has 0 atom stereocenters. The van der Waals surface area contributed by atoms with Gasteiger partial charge in [0.2, 0.25) is 5.91 Å². The fraction of sp³-hybridized carbons (Fsp3) is 0.810. The Morgan fingerprint density at radius 2 is 1.76 bits per heavy atom. The summed E-state index contributed by atoms with van der Waals surface area (Å²) >= 11 is 0. The largest absolute Gasteiger partial charge is 0.356 e. The van der Waals surface area contributed by atoms with Gasteiger partial charge in [0.25, 0.3) is 0 Å². The van der Waals surface area contributed by atoms with Crippen molar-refractivity contribution in [3.63, 3.8) is 0 Å². The molecule has 1 heterocycles. The third-order valence-corrected chi connectivity index (χ3v) is 7.23. The van der Waals surface area contributed by atoms with Gasteiger partial charge < -0.3 is 5.32 Å². The molecule has 0 radical (unpaired) electrons. The van der Waals surface area contributed by atoms with Crippen LogP contribution in [-0.2, 0) is 17.8 Å². The van der Waals surface area contributed by atoms with Crippen LogP contribution in [0.15, 0.2) is 0 Å². The molecule has 4 nitrogen and oxygen atoms in total. The van der Waals surface area contributed by atoms with Gasteiger partial charge in [-0.05, 0) is 94.4 Å². The number of nitrogens with one attached hydrogen (secondary N) is 1. The fourth-order valence-electron chi connectivity index (χ4n) is 6.64. The molecular weight excluding hydrogens is 310 g/mol. The predicted octanol–water partition coefficient (Wildman–Crippen LogP) is 3.79. The van der Waals surface area contributed by atoms with Gasteiger partial charge in [-0.25, -0.2) is 0 Å². The zero-order valence-electron chi connectivity index (χ0n) is 16.1. The maximum Gasteiger partial charge on any atom is 0.220 e. The zero-order valence-corrected chi connectivity index (χ0v) is 16.1. The van der Waals surface area contributed by atoms with Crippen LogP contribution in [0.3, 0.4) is 0 Å². The van der Waals surface area contributed by atoms with E-state index in [1.54, 1.807) is 0 Å². The molecule has 4 aliphatic rings. The highest BCUT2D eigenvalue weighted by molar-refractivity contribution is 5.76. The Balaban J connectivity index is 1.31. The Morgan fingerprint density at radius 3 is 2.28 bits per heavy atom. The number of carbonyl (C=O) groups excluding carboxylic acids is 1. The van der Waals surface area contributed by atoms with Crippen LogP contribution in [0.5, 0.6) is 0 Å². The highest BCUT2D eigenvalue weighted by Crippen LogP contribution is 2.61. The van der Waals surface area contributed by atoms with Crippen LogP contribution in [0, 0.1) is 37.0 Å². The van der Waals surface area contributed by atoms with E-state index in [0.717, 1.165) is 49.4 Å². The minimum absolute atomic E-state index is 0.278. The molecule has 4 aliphatic carbocycles. The Labute approximate surface area is 151 Å². The molecule has 1 amide bonds. The molecule has 4 bridgehead atoms. The highest BCUT2D eigenvalue weighted by Gasteiger charge is 2.51. The summed E-state index contributed by atoms with van der Waals surface area (Å²) in [5, 5.41) is 7.79. The molecule has 0 saturated heterocycles. The van der Waals surface area contributed by atoms with Crippen molar-refractivity contribution in [2.45, 2.75) is 78.7 Å². The van der Waals surface area contributed by atoms with Gasteiger partial charge in [0.15, 0.2) is 0 Å². The van der Waals surface area contributed by atoms with E-state index in [0.29, 0.717) is 5.41 Å². The molecule has 138 valence electrons. The van der Waals surface area contributed by atoms with Gasteiger partial charge in [0.1, 0.15) is 0 Å². The first-order valence-electron chi connectivity index (χ1n) is 10.3. The lowest BCUT2D eigenvalue weighted by Gasteiger charge is -2.56. The van der Waals surface area contributed by atoms with E-state index in [9.17, 15) is 4.79 Å². The molecule has 4 fully saturated rings. The van der Waals surface area contributed by atoms with Gasteiger partial charge in [-0.15, -0.1) is 0 Å². The summed E-state index contributed by atoms with van der Waals surface area (Å²) in [5.41, 5.74) is 4.00. The van der Waals surface area contributed by atoms with Crippen LogP contribution >= 0.6 is 0 Å². The summed E-state index contributed by atoms with van der Waals surface area (Å²) in [6.45, 7) is 7.98. The monoisotopic (exact) mass is 343 g/mol. The van der Waals surface area contributed by atoms with Crippen molar-refractivity contribution in [2.24, 2.45) is 23.2 Å². The molecule has 4 saturated carbocycles. The lowest BCUT2D eigenvalue weighted by atomic mass is 9.49. The molecular formula is C21H33N3O. The summed E-state index contributed by atoms with van der Waals surface area (Å²) in [7, 11) is 0. The summed E-state index contributed by atoms with van der Waals surface area (Å²) in [6, 6.07) is 0. The molecule has 1 aromatic rings. The first kappa shape index (κ1) is 17.1. The fourth-order valence-corrected chi connectivity index (χ4v) is 6.64. The molecule has 0 aliphatic heterocycles. The maximum absolute atomic E-state index is 12.6. The van der Waals surface area contributed by atoms with Gasteiger partial charge in [0, 0.05) is 25.2 Å². The second kappa shape index (κ2) is 6.44. The summed E-state index contributed by atoms with van der Waals surface area (Å²) in [6.07, 6.45) is 9.94. The van der Waals surface area contributed by atoms with Crippen molar-refractivity contribution in [1.29, 1.82) is 0 Å². The molecule has 1 aromatic heterocycles. The smallest absolute Gasteiger partial charge is 0.220 e. The molecule has 0 spiro atoms. The minimum atomic E-state index is 0.278. The molecule has 1 N–H and O–H groups in total. The molecule has 5 rings (SSSR count). The van der Waals surface area contributed by atoms with E-state index in [-0.39, 0.29) is 5.91 Å². The quantitative estimate of drug-likeness (QED) is 0.854. The summed E-state index contributed by atoms with van der Waals surface area (Å²) in [5.74, 6) is 3.04. The maximum atomic E-state index is 12.6. The second-order valence-electron chi connectivity index (χ2n) is 9.16. The van der Waals surface area contributed by atoms with E-state index >= 15 is 0 Å². The first-order valence-corrected chi connectivity index (χ1v) is 10.3. The number of aryl methyl sites for hydroxylation is 2. The van der Waals surface area contributed by atoms with Crippen LogP contribution < -0.4 is 5.32 Å². The van der Waals surface area contributed by atoms with Crippen molar-refractivity contribution in [2.75, 3.05) is 6.54 Å². The Bertz CT molecular complexity index is 625. The third-order valence-electron chi connectivity index (χ3n) is 7.23. The number of rotatable bonds is 6. The minimum Gasteiger partial charge on any atom is -0.356 e. The van der Waals surface area contributed by atoms with Gasteiger partial charge in [-0.2, -0.15) is 5.10 Å². The lowest BCUT2D eigenvalue weighted by Crippen LogP contribution is -2.48. The number of amides is 1. The van der Waals surface area contributed by atoms with Crippen molar-refractivity contribution in [3.05, 3.63) is 17.0 Å². The molecule has 0 unspecified atom stereocenters. The van der Waals surface area contributed by atoms with E-state index in [4.69, 9.17) is 0 Å². The lowest BCUT2D eigenvalue weighted by molar-refractivity contribution is -0.129. The summed E-state index contributed by atoms with van der Waals surface area (Å²) in [4.78, 5) is 12.6. The number of hydrogen-bond donors (Lipinski definition) is 1. The molecule has 25 heavy (non-hydrogen) atoms. The Kier molecular flexibility index (Phi) is 4.41. The Hall–Kier alpha value is -1.32. The average molecular weight is 344 g/mol. The second-order valence-corrected chi connectivity index (χ2v) is 9.16. The average Bonchev–Trinajstić information content (AvgIpc) is 2.80. The normalized spacial score (nSPS) is 33.0. The molecule has 0 aromatic carbocycles. The predicted molar refractivity (Wildman–Crippen MR) is 99.3 cm³/mol. The van der Waals surface area contributed by atoms with Crippen LogP contribution in [0.25, 0.3) is 0 Å². The molecule has 4 heteroatoms. The Morgan fingerprint density at radius 1 is 1.16 bits per heavy atom. The van der Waals surface area contributed by atoms with Crippen LogP contribution in [0.4, 0.5) is 0 Å². The third kappa shape index (κ3) is 3.24. The number of nitrogens with zero attached hydrogens (tertiary/aromatic N) is 2. The van der Waals surface area contributed by atoms with Gasteiger partial charge in [-0.3, -0.25) is 9.48 Å². The van der Waals surface area contributed by atoms with Crippen LogP contribution in [0.2, 0.25) is 0 Å². The SMILES string of the molecule is CCn1nc(C)c(CCNC(=O)CC23CC4CC(CC(C4)C2)C3)c1C. The van der Waals surface area contributed by atoms with Gasteiger partial charge in [-0.1, -0.05) is 0 Å². The number of carbonyl (C=O) groups is 1. The van der Waals surface area contributed by atoms with Crippen molar-refractivity contribution in [3.8, 4) is 0 Å². The van der Waals surface area contributed by atoms with Gasteiger partial charge >= 0.3 is 0 Å². The van der Waals surface area contributed by atoms with Crippen molar-refractivity contribution >= 4 is 5.91 Å². The number of aromatic nitrogens is 2. The van der Waals surface area contributed by atoms with E-state index in [1.165, 1.54) is 49.8 Å². The van der Waals surface area contributed by atoms with E-state index < -0.39 is 0 Å². The zero-order chi connectivity index (χ0) is 17.6. The highest BCUT2D eigenvalue weighted by atomic mass is 16.1. The van der Waals surface area contributed by atoms with Crippen molar-refractivity contribution in [1.82, 2.24) is 15.1 Å². The standard InChI is InChI=1S/C21H33N3O/c1-4-24-15(3)19(14(2)23-24)5-6-22-20(25)13-21-10-16-7-17(11-21)9-18(8-16)12-21/h16-18H,4-13H2,1-3H3,(H,22,25). The summed E-state index contributed by atoms with van der Waals surface area (Å²) < 4.78 is 2.06. The topological polar surface area (TPSA) is 46.9 Å². The van der Waals surface area contributed by atoms with E-state index in [1.807, 2.05) is 0 Å².